The first kappa shape index (κ1) is 15.3. The Morgan fingerprint density at radius 3 is 2.00 bits per heavy atom. The second kappa shape index (κ2) is 5.10. The minimum absolute atomic E-state index is 0.184. The Labute approximate surface area is 113 Å². The lowest BCUT2D eigenvalue weighted by atomic mass is 10.1. The monoisotopic (exact) mass is 342 g/mol. The Morgan fingerprint density at radius 1 is 1.17 bits per heavy atom. The molecule has 0 fully saturated rings. The second-order valence-electron chi connectivity index (χ2n) is 4.70. The van der Waals surface area contributed by atoms with E-state index in [0.717, 1.165) is 12.1 Å². The van der Waals surface area contributed by atoms with E-state index in [-0.39, 0.29) is 4.47 Å². The van der Waals surface area contributed by atoms with Crippen molar-refractivity contribution in [2.45, 2.75) is 26.3 Å². The zero-order chi connectivity index (χ0) is 14.1. The number of rotatable bonds is 3. The third-order valence-electron chi connectivity index (χ3n) is 1.68. The van der Waals surface area contributed by atoms with E-state index in [2.05, 4.69) is 20.7 Å². The fourth-order valence-corrected chi connectivity index (χ4v) is 2.93. The van der Waals surface area contributed by atoms with Gasteiger partial charge in [0.2, 0.25) is 0 Å². The summed E-state index contributed by atoms with van der Waals surface area (Å²) in [6.45, 7) is 4.83. The molecule has 0 saturated heterocycles. The van der Waals surface area contributed by atoms with E-state index >= 15 is 0 Å². The summed E-state index contributed by atoms with van der Waals surface area (Å²) in [5.74, 6) is -2.00. The minimum Gasteiger partial charge on any atom is -0.265 e. The van der Waals surface area contributed by atoms with Gasteiger partial charge in [-0.15, -0.1) is 0 Å². The number of hydrogen-bond acceptors (Lipinski definition) is 2. The van der Waals surface area contributed by atoms with E-state index in [1.165, 1.54) is 0 Å². The Balaban J connectivity index is 3.06. The van der Waals surface area contributed by atoms with Gasteiger partial charge in [-0.25, -0.2) is 8.78 Å². The van der Waals surface area contributed by atoms with Crippen molar-refractivity contribution in [2.24, 2.45) is 0 Å². The van der Waals surface area contributed by atoms with Crippen LogP contribution in [0.2, 0.25) is 0 Å². The number of anilines is 1. The number of hydrogen-bond donors (Lipinski definition) is 2. The summed E-state index contributed by atoms with van der Waals surface area (Å²) in [5.41, 5.74) is -1.47. The lowest BCUT2D eigenvalue weighted by Crippen LogP contribution is -2.43. The van der Waals surface area contributed by atoms with Crippen LogP contribution >= 0.6 is 15.9 Å². The zero-order valence-corrected chi connectivity index (χ0v) is 12.4. The Kier molecular flexibility index (Phi) is 4.34. The maximum absolute atomic E-state index is 13.4. The third kappa shape index (κ3) is 4.51. The summed E-state index contributed by atoms with van der Waals surface area (Å²) in [5, 5.41) is 0. The predicted molar refractivity (Wildman–Crippen MR) is 69.5 cm³/mol. The van der Waals surface area contributed by atoms with Crippen molar-refractivity contribution in [2.75, 3.05) is 4.72 Å². The maximum atomic E-state index is 13.4. The van der Waals surface area contributed by atoms with Crippen LogP contribution < -0.4 is 9.44 Å². The van der Waals surface area contributed by atoms with E-state index < -0.39 is 33.1 Å². The molecule has 4 nitrogen and oxygen atoms in total. The Bertz CT molecular complexity index is 532. The van der Waals surface area contributed by atoms with Crippen molar-refractivity contribution >= 4 is 31.8 Å². The normalized spacial score (nSPS) is 12.6. The molecule has 0 heterocycles. The molecule has 102 valence electrons. The quantitative estimate of drug-likeness (QED) is 0.887. The van der Waals surface area contributed by atoms with E-state index in [1.807, 2.05) is 4.72 Å². The molecule has 1 aromatic rings. The average molecular weight is 343 g/mol. The summed E-state index contributed by atoms with van der Waals surface area (Å²) >= 11 is 2.90. The first-order chi connectivity index (χ1) is 8.00. The fourth-order valence-electron chi connectivity index (χ4n) is 1.20. The molecule has 0 spiro atoms. The van der Waals surface area contributed by atoms with Gasteiger partial charge in [-0.1, -0.05) is 15.9 Å². The molecule has 0 aliphatic heterocycles. The zero-order valence-electron chi connectivity index (χ0n) is 10.0. The van der Waals surface area contributed by atoms with Crippen LogP contribution in [-0.4, -0.2) is 14.0 Å². The van der Waals surface area contributed by atoms with Gasteiger partial charge in [0.15, 0.2) is 11.6 Å². The van der Waals surface area contributed by atoms with E-state index in [4.69, 9.17) is 0 Å². The minimum atomic E-state index is -4.05. The highest BCUT2D eigenvalue weighted by Crippen LogP contribution is 2.24. The Morgan fingerprint density at radius 2 is 1.61 bits per heavy atom. The first-order valence-electron chi connectivity index (χ1n) is 4.96. The van der Waals surface area contributed by atoms with Gasteiger partial charge in [-0.05, 0) is 32.9 Å². The molecule has 0 radical (unpaired) electrons. The van der Waals surface area contributed by atoms with Crippen LogP contribution in [0.1, 0.15) is 20.8 Å². The SMILES string of the molecule is CC(C)(C)NS(=O)(=O)Nc1c(F)cc(Br)cc1F. The maximum Gasteiger partial charge on any atom is 0.299 e. The lowest BCUT2D eigenvalue weighted by molar-refractivity contribution is 0.493. The summed E-state index contributed by atoms with van der Waals surface area (Å²) < 4.78 is 54.4. The molecule has 0 atom stereocenters. The first-order valence-corrected chi connectivity index (χ1v) is 7.24. The van der Waals surface area contributed by atoms with Gasteiger partial charge >= 0.3 is 0 Å². The van der Waals surface area contributed by atoms with Gasteiger partial charge in [-0.3, -0.25) is 4.72 Å². The van der Waals surface area contributed by atoms with Crippen molar-refractivity contribution in [3.8, 4) is 0 Å². The van der Waals surface area contributed by atoms with Crippen LogP contribution in [0.3, 0.4) is 0 Å². The topological polar surface area (TPSA) is 58.2 Å². The molecular formula is C10H13BrF2N2O2S. The standard InChI is InChI=1S/C10H13BrF2N2O2S/c1-10(2,3)15-18(16,17)14-9-7(12)4-6(11)5-8(9)13/h4-5,14-15H,1-3H3. The second-order valence-corrected chi connectivity index (χ2v) is 7.03. The summed E-state index contributed by atoms with van der Waals surface area (Å²) in [7, 11) is -4.05. The van der Waals surface area contributed by atoms with Crippen molar-refractivity contribution in [1.29, 1.82) is 0 Å². The van der Waals surface area contributed by atoms with E-state index in [1.54, 1.807) is 20.8 Å². The van der Waals surface area contributed by atoms with Gasteiger partial charge in [-0.2, -0.15) is 13.1 Å². The third-order valence-corrected chi connectivity index (χ3v) is 3.50. The summed E-state index contributed by atoms with van der Waals surface area (Å²) in [6.07, 6.45) is 0. The average Bonchev–Trinajstić information content (AvgIpc) is 2.07. The molecule has 0 unspecified atom stereocenters. The van der Waals surface area contributed by atoms with Crippen molar-refractivity contribution < 1.29 is 17.2 Å². The molecule has 1 rings (SSSR count). The molecule has 8 heteroatoms. The summed E-state index contributed by atoms with van der Waals surface area (Å²) in [6, 6.07) is 1.94. The van der Waals surface area contributed by atoms with Crippen LogP contribution in [-0.2, 0) is 10.2 Å². The van der Waals surface area contributed by atoms with Crippen LogP contribution in [0, 0.1) is 11.6 Å². The highest BCUT2D eigenvalue weighted by atomic mass is 79.9. The number of benzene rings is 1. The van der Waals surface area contributed by atoms with Crippen LogP contribution in [0.15, 0.2) is 16.6 Å². The van der Waals surface area contributed by atoms with Gasteiger partial charge in [0.1, 0.15) is 5.69 Å². The van der Waals surface area contributed by atoms with Crippen LogP contribution in [0.4, 0.5) is 14.5 Å². The molecule has 18 heavy (non-hydrogen) atoms. The van der Waals surface area contributed by atoms with Gasteiger partial charge in [0, 0.05) is 10.0 Å². The van der Waals surface area contributed by atoms with Gasteiger partial charge < -0.3 is 0 Å². The molecule has 0 aromatic heterocycles. The fraction of sp³-hybridized carbons (Fsp3) is 0.400. The predicted octanol–water partition coefficient (Wildman–Crippen LogP) is 2.77. The van der Waals surface area contributed by atoms with E-state index in [0.29, 0.717) is 0 Å². The smallest absolute Gasteiger partial charge is 0.265 e. The van der Waals surface area contributed by atoms with Crippen LogP contribution in [0.5, 0.6) is 0 Å². The molecule has 0 amide bonds. The molecule has 0 aliphatic carbocycles. The molecule has 1 aromatic carbocycles. The Hall–Kier alpha value is -0.730. The highest BCUT2D eigenvalue weighted by Gasteiger charge is 2.22. The molecule has 0 aliphatic rings. The summed E-state index contributed by atoms with van der Waals surface area (Å²) in [4.78, 5) is 0. The van der Waals surface area contributed by atoms with Crippen molar-refractivity contribution in [1.82, 2.24) is 4.72 Å². The van der Waals surface area contributed by atoms with Gasteiger partial charge in [0.25, 0.3) is 10.2 Å². The molecule has 0 saturated carbocycles. The molecule has 2 N–H and O–H groups in total. The largest absolute Gasteiger partial charge is 0.299 e. The van der Waals surface area contributed by atoms with Crippen molar-refractivity contribution in [3.05, 3.63) is 28.2 Å². The lowest BCUT2D eigenvalue weighted by Gasteiger charge is -2.21. The van der Waals surface area contributed by atoms with Gasteiger partial charge in [0.05, 0.1) is 0 Å². The highest BCUT2D eigenvalue weighted by molar-refractivity contribution is 9.10. The number of halogens is 3. The van der Waals surface area contributed by atoms with Crippen LogP contribution in [0.25, 0.3) is 0 Å². The molecular weight excluding hydrogens is 330 g/mol. The van der Waals surface area contributed by atoms with E-state index in [9.17, 15) is 17.2 Å². The number of nitrogens with one attached hydrogen (secondary N) is 2. The molecule has 0 bridgehead atoms. The van der Waals surface area contributed by atoms with Crippen molar-refractivity contribution in [3.63, 3.8) is 0 Å².